The van der Waals surface area contributed by atoms with Gasteiger partial charge in [0.25, 0.3) is 0 Å². The molecular weight excluding hydrogens is 272 g/mol. The molecule has 0 amide bonds. The van der Waals surface area contributed by atoms with Crippen LogP contribution in [0.2, 0.25) is 0 Å². The Hall–Kier alpha value is -2.87. The molecule has 0 fully saturated rings. The van der Waals surface area contributed by atoms with Crippen molar-refractivity contribution in [1.82, 2.24) is 0 Å². The third kappa shape index (κ3) is 1.77. The average Bonchev–Trinajstić information content (AvgIpc) is 2.59. The zero-order valence-corrected chi connectivity index (χ0v) is 12.2. The predicted molar refractivity (Wildman–Crippen MR) is 90.9 cm³/mol. The fraction of sp³-hybridized carbons (Fsp3) is 0.0500. The maximum Gasteiger partial charge on any atom is 0.150 e. The minimum Gasteiger partial charge on any atom is -0.497 e. The van der Waals surface area contributed by atoms with E-state index >= 15 is 0 Å². The van der Waals surface area contributed by atoms with E-state index in [1.807, 2.05) is 42.5 Å². The lowest BCUT2D eigenvalue weighted by Crippen LogP contribution is -1.89. The number of benzene rings is 4. The summed E-state index contributed by atoms with van der Waals surface area (Å²) in [6.45, 7) is 0. The van der Waals surface area contributed by atoms with E-state index in [4.69, 9.17) is 4.74 Å². The Kier molecular flexibility index (Phi) is 2.83. The Morgan fingerprint density at radius 3 is 2.41 bits per heavy atom. The normalized spacial score (nSPS) is 11.1. The van der Waals surface area contributed by atoms with Crippen LogP contribution in [0.5, 0.6) is 5.75 Å². The molecule has 0 aliphatic rings. The van der Waals surface area contributed by atoms with Gasteiger partial charge in [0.2, 0.25) is 0 Å². The van der Waals surface area contributed by atoms with E-state index in [1.165, 1.54) is 5.39 Å². The number of ether oxygens (including phenoxy) is 1. The molecule has 0 N–H and O–H groups in total. The van der Waals surface area contributed by atoms with Gasteiger partial charge < -0.3 is 4.74 Å². The summed E-state index contributed by atoms with van der Waals surface area (Å²) in [4.78, 5) is 11.6. The van der Waals surface area contributed by atoms with E-state index in [2.05, 4.69) is 18.2 Å². The van der Waals surface area contributed by atoms with Gasteiger partial charge in [0, 0.05) is 10.9 Å². The summed E-state index contributed by atoms with van der Waals surface area (Å²) < 4.78 is 5.29. The highest BCUT2D eigenvalue weighted by atomic mass is 16.5. The lowest BCUT2D eigenvalue weighted by atomic mass is 9.93. The first-order valence-corrected chi connectivity index (χ1v) is 7.19. The number of fused-ring (bicyclic) bond motifs is 5. The second-order valence-corrected chi connectivity index (χ2v) is 5.38. The largest absolute Gasteiger partial charge is 0.497 e. The predicted octanol–water partition coefficient (Wildman–Crippen LogP) is 4.97. The summed E-state index contributed by atoms with van der Waals surface area (Å²) in [7, 11) is 1.66. The second-order valence-electron chi connectivity index (χ2n) is 5.38. The Morgan fingerprint density at radius 2 is 1.59 bits per heavy atom. The molecule has 0 aromatic heterocycles. The molecule has 106 valence electrons. The molecule has 4 rings (SSSR count). The second kappa shape index (κ2) is 4.85. The lowest BCUT2D eigenvalue weighted by molar-refractivity contribution is 0.112. The number of aldehydes is 1. The molecule has 2 heteroatoms. The monoisotopic (exact) mass is 286 g/mol. The Morgan fingerprint density at radius 1 is 0.818 bits per heavy atom. The molecule has 0 aliphatic heterocycles. The smallest absolute Gasteiger partial charge is 0.150 e. The average molecular weight is 286 g/mol. The van der Waals surface area contributed by atoms with Crippen LogP contribution in [-0.2, 0) is 0 Å². The Labute approximate surface area is 127 Å². The van der Waals surface area contributed by atoms with Crippen LogP contribution in [0.3, 0.4) is 0 Å². The minimum absolute atomic E-state index is 0.726. The number of hydrogen-bond acceptors (Lipinski definition) is 2. The first kappa shape index (κ1) is 12.8. The highest BCUT2D eigenvalue weighted by Gasteiger charge is 2.10. The molecular formula is C20H14O2. The van der Waals surface area contributed by atoms with Crippen LogP contribution in [-0.4, -0.2) is 13.4 Å². The third-order valence-corrected chi connectivity index (χ3v) is 4.20. The molecule has 0 atom stereocenters. The number of hydrogen-bond donors (Lipinski definition) is 0. The number of rotatable bonds is 2. The third-order valence-electron chi connectivity index (χ3n) is 4.20. The van der Waals surface area contributed by atoms with Crippen LogP contribution in [0, 0.1) is 0 Å². The molecule has 22 heavy (non-hydrogen) atoms. The van der Waals surface area contributed by atoms with Crippen molar-refractivity contribution in [2.45, 2.75) is 0 Å². The van der Waals surface area contributed by atoms with Crippen LogP contribution in [0.1, 0.15) is 10.4 Å². The standard InChI is InChI=1S/C20H14O2/c1-22-16-7-9-18-14(11-16)6-8-19-17-5-3-2-4-13(17)10-15(12-21)20(18)19/h2-12H,1H3. The lowest BCUT2D eigenvalue weighted by Gasteiger charge is -2.11. The van der Waals surface area contributed by atoms with Crippen molar-refractivity contribution >= 4 is 38.6 Å². The zero-order chi connectivity index (χ0) is 15.1. The highest BCUT2D eigenvalue weighted by molar-refractivity contribution is 6.22. The number of carbonyl (C=O) groups excluding carboxylic acids is 1. The van der Waals surface area contributed by atoms with Gasteiger partial charge in [-0.2, -0.15) is 0 Å². The maximum absolute atomic E-state index is 11.6. The molecule has 0 bridgehead atoms. The summed E-state index contributed by atoms with van der Waals surface area (Å²) in [5.41, 5.74) is 0.726. The Bertz CT molecular complexity index is 1030. The van der Waals surface area contributed by atoms with Crippen LogP contribution >= 0.6 is 0 Å². The van der Waals surface area contributed by atoms with Crippen LogP contribution < -0.4 is 4.74 Å². The van der Waals surface area contributed by atoms with Gasteiger partial charge in [-0.1, -0.05) is 42.5 Å². The highest BCUT2D eigenvalue weighted by Crippen LogP contribution is 2.34. The molecule has 4 aromatic carbocycles. The van der Waals surface area contributed by atoms with Gasteiger partial charge in [-0.25, -0.2) is 0 Å². The molecule has 0 spiro atoms. The van der Waals surface area contributed by atoms with Crippen molar-refractivity contribution in [2.24, 2.45) is 0 Å². The summed E-state index contributed by atoms with van der Waals surface area (Å²) >= 11 is 0. The van der Waals surface area contributed by atoms with Crippen molar-refractivity contribution < 1.29 is 9.53 Å². The summed E-state index contributed by atoms with van der Waals surface area (Å²) in [5, 5.41) is 6.52. The van der Waals surface area contributed by atoms with Crippen molar-refractivity contribution in [3.63, 3.8) is 0 Å². The first-order chi connectivity index (χ1) is 10.8. The fourth-order valence-electron chi connectivity index (χ4n) is 3.17. The van der Waals surface area contributed by atoms with Crippen molar-refractivity contribution in [1.29, 1.82) is 0 Å². The van der Waals surface area contributed by atoms with Crippen LogP contribution in [0.15, 0.2) is 60.7 Å². The SMILES string of the molecule is COc1ccc2c(ccc3c4ccccc4cc(C=O)c23)c1. The Balaban J connectivity index is 2.25. The molecule has 0 saturated heterocycles. The zero-order valence-electron chi connectivity index (χ0n) is 12.2. The van der Waals surface area contributed by atoms with Gasteiger partial charge in [0.05, 0.1) is 7.11 Å². The van der Waals surface area contributed by atoms with Gasteiger partial charge in [-0.05, 0) is 45.1 Å². The maximum atomic E-state index is 11.6. The van der Waals surface area contributed by atoms with Gasteiger partial charge in [-0.3, -0.25) is 4.79 Å². The van der Waals surface area contributed by atoms with Crippen LogP contribution in [0.25, 0.3) is 32.3 Å². The van der Waals surface area contributed by atoms with Gasteiger partial charge in [0.1, 0.15) is 5.75 Å². The topological polar surface area (TPSA) is 26.3 Å². The fourth-order valence-corrected chi connectivity index (χ4v) is 3.17. The summed E-state index contributed by atoms with van der Waals surface area (Å²) in [6, 6.07) is 20.3. The van der Waals surface area contributed by atoms with Crippen LogP contribution in [0.4, 0.5) is 0 Å². The molecule has 0 unspecified atom stereocenters. The van der Waals surface area contributed by atoms with E-state index in [0.717, 1.165) is 44.5 Å². The van der Waals surface area contributed by atoms with Gasteiger partial charge in [-0.15, -0.1) is 0 Å². The number of carbonyl (C=O) groups is 1. The van der Waals surface area contributed by atoms with Crippen molar-refractivity contribution in [3.8, 4) is 5.75 Å². The molecule has 0 heterocycles. The quantitative estimate of drug-likeness (QED) is 0.384. The minimum atomic E-state index is 0.726. The van der Waals surface area contributed by atoms with E-state index in [1.54, 1.807) is 7.11 Å². The number of methoxy groups -OCH3 is 1. The molecule has 4 aromatic rings. The van der Waals surface area contributed by atoms with Crippen molar-refractivity contribution in [2.75, 3.05) is 7.11 Å². The first-order valence-electron chi connectivity index (χ1n) is 7.19. The molecule has 2 nitrogen and oxygen atoms in total. The van der Waals surface area contributed by atoms with Gasteiger partial charge in [0.15, 0.2) is 6.29 Å². The molecule has 0 radical (unpaired) electrons. The van der Waals surface area contributed by atoms with E-state index < -0.39 is 0 Å². The molecule has 0 aliphatic carbocycles. The summed E-state index contributed by atoms with van der Waals surface area (Å²) in [5.74, 6) is 0.820. The van der Waals surface area contributed by atoms with E-state index in [-0.39, 0.29) is 0 Å². The van der Waals surface area contributed by atoms with E-state index in [0.29, 0.717) is 0 Å². The van der Waals surface area contributed by atoms with Crippen molar-refractivity contribution in [3.05, 3.63) is 66.2 Å². The van der Waals surface area contributed by atoms with Gasteiger partial charge >= 0.3 is 0 Å². The molecule has 0 saturated carbocycles. The van der Waals surface area contributed by atoms with E-state index in [9.17, 15) is 4.79 Å². The summed E-state index contributed by atoms with van der Waals surface area (Å²) in [6.07, 6.45) is 0.943.